The molecule has 0 aliphatic rings. The molecule has 5 aromatic rings. The number of rotatable bonds is 17. The van der Waals surface area contributed by atoms with Gasteiger partial charge in [0.15, 0.2) is 5.69 Å². The summed E-state index contributed by atoms with van der Waals surface area (Å²) in [5, 5.41) is 108. The smallest absolute Gasteiger partial charge is 0.338 e. The van der Waals surface area contributed by atoms with Crippen molar-refractivity contribution in [2.45, 2.75) is 20.4 Å². The fourth-order valence-corrected chi connectivity index (χ4v) is 6.21. The van der Waals surface area contributed by atoms with Crippen LogP contribution in [0.3, 0.4) is 0 Å². The Morgan fingerprint density at radius 1 is 0.710 bits per heavy atom. The van der Waals surface area contributed by atoms with Crippen LogP contribution in [0.15, 0.2) is 60.9 Å². The number of carboxylic acids is 6. The second-order valence-corrected chi connectivity index (χ2v) is 13.8. The average Bonchev–Trinajstić information content (AvgIpc) is 3.26. The number of nitrogens with zero attached hydrogens (tertiary/aromatic N) is 11. The van der Waals surface area contributed by atoms with Gasteiger partial charge in [-0.25, -0.2) is 38.2 Å². The number of nitrogens with one attached hydrogen (secondary N) is 2. The van der Waals surface area contributed by atoms with E-state index in [0.717, 1.165) is 6.92 Å². The molecule has 0 unspecified atom stereocenters. The minimum absolute atomic E-state index is 0.270. The number of pyridine rings is 2. The third-order valence-electron chi connectivity index (χ3n) is 9.31. The maximum Gasteiger partial charge on any atom is 0.338 e. The number of aromatic nitrogens is 5. The molecule has 3 aromatic heterocycles. The lowest BCUT2D eigenvalue weighted by molar-refractivity contribution is 0.0667. The van der Waals surface area contributed by atoms with Crippen molar-refractivity contribution in [3.8, 4) is 17.8 Å². The predicted octanol–water partition coefficient (Wildman–Crippen LogP) is 4.97. The van der Waals surface area contributed by atoms with Gasteiger partial charge in [-0.3, -0.25) is 14.2 Å². The molecule has 0 saturated heterocycles. The van der Waals surface area contributed by atoms with E-state index in [4.69, 9.17) is 18.2 Å². The molecule has 0 aliphatic carbocycles. The molecule has 5 rings (SSSR count). The lowest BCUT2D eigenvalue weighted by atomic mass is 10.0. The van der Waals surface area contributed by atoms with E-state index in [1.54, 1.807) is 6.07 Å². The third kappa shape index (κ3) is 9.97. The summed E-state index contributed by atoms with van der Waals surface area (Å²) >= 11 is 6.10. The van der Waals surface area contributed by atoms with Crippen LogP contribution in [0.1, 0.15) is 78.8 Å². The van der Waals surface area contributed by atoms with Crippen molar-refractivity contribution in [1.29, 1.82) is 5.26 Å². The van der Waals surface area contributed by atoms with Crippen molar-refractivity contribution in [2.75, 3.05) is 17.2 Å². The van der Waals surface area contributed by atoms with Gasteiger partial charge in [-0.15, -0.1) is 20.5 Å². The van der Waals surface area contributed by atoms with Crippen LogP contribution in [0.5, 0.6) is 11.8 Å². The number of carbonyl (C=O) groups is 6. The number of azo groups is 2. The van der Waals surface area contributed by atoms with Gasteiger partial charge in [0.2, 0.25) is 28.9 Å². The van der Waals surface area contributed by atoms with Crippen molar-refractivity contribution in [2.24, 2.45) is 20.5 Å². The topological polar surface area (TPSA) is 449 Å². The number of benzene rings is 2. The number of carboxylic acid groups (broad SMARTS) is 6. The van der Waals surface area contributed by atoms with Crippen LogP contribution in [-0.4, -0.2) is 107 Å². The van der Waals surface area contributed by atoms with E-state index in [2.05, 4.69) is 57.5 Å². The van der Waals surface area contributed by atoms with Crippen molar-refractivity contribution >= 4 is 93.6 Å². The Labute approximate surface area is 386 Å². The molecule has 0 bridgehead atoms. The zero-order valence-corrected chi connectivity index (χ0v) is 35.3. The first-order valence-electron chi connectivity index (χ1n) is 18.4. The molecule has 0 atom stereocenters. The van der Waals surface area contributed by atoms with E-state index < -0.39 is 150 Å². The molecular weight excluding hydrogens is 942 g/mol. The molecule has 30 heteroatoms. The minimum Gasteiger partial charge on any atom is -0.502 e. The van der Waals surface area contributed by atoms with Gasteiger partial charge in [0.1, 0.15) is 34.5 Å². The zero-order chi connectivity index (χ0) is 51.3. The van der Waals surface area contributed by atoms with Gasteiger partial charge in [-0.2, -0.15) is 20.2 Å². The first kappa shape index (κ1) is 49.6. The Morgan fingerprint density at radius 3 is 1.57 bits per heavy atom. The summed E-state index contributed by atoms with van der Waals surface area (Å²) in [5.74, 6) is -13.9. The number of nitriles is 1. The Kier molecular flexibility index (Phi) is 14.2. The van der Waals surface area contributed by atoms with Crippen molar-refractivity contribution in [3.05, 3.63) is 118 Å². The molecule has 10 N–H and O–H groups in total. The van der Waals surface area contributed by atoms with Gasteiger partial charge in [-0.1, -0.05) is 6.58 Å². The lowest BCUT2D eigenvalue weighted by Gasteiger charge is -2.16. The van der Waals surface area contributed by atoms with E-state index in [0.29, 0.717) is 33.4 Å². The average molecular weight is 968 g/mol. The Hall–Kier alpha value is -10.4. The fraction of sp³-hybridized carbons (Fsp3) is 0.103. The predicted molar refractivity (Wildman–Crippen MR) is 230 cm³/mol. The summed E-state index contributed by atoms with van der Waals surface area (Å²) in [5.41, 5.74) is -12.4. The number of anilines is 2. The number of aromatic carboxylic acids is 6. The monoisotopic (exact) mass is 967 g/mol. The van der Waals surface area contributed by atoms with Crippen LogP contribution in [-0.2, 0) is 6.54 Å². The van der Waals surface area contributed by atoms with Crippen LogP contribution >= 0.6 is 11.6 Å². The fourth-order valence-electron chi connectivity index (χ4n) is 6.05. The third-order valence-corrected chi connectivity index (χ3v) is 9.48. The van der Waals surface area contributed by atoms with E-state index in [1.165, 1.54) is 6.92 Å². The molecule has 69 heavy (non-hydrogen) atoms. The highest BCUT2D eigenvalue weighted by Gasteiger charge is 2.27. The summed E-state index contributed by atoms with van der Waals surface area (Å²) in [6, 6.07) is 4.11. The van der Waals surface area contributed by atoms with Crippen LogP contribution < -0.4 is 21.8 Å². The van der Waals surface area contributed by atoms with E-state index in [-0.39, 0.29) is 23.6 Å². The Morgan fingerprint density at radius 2 is 1.14 bits per heavy atom. The molecule has 0 spiro atoms. The normalized spacial score (nSPS) is 10.9. The SMILES string of the molecule is [C-]#[N+]c1c(C)c(N=Nc2c(C(=O)O)cc(C(=O)O)cc2C(=O)O)c(=O)n(C(=C)Nc2nc(Cl)nc(NCCn3c(O)c(C#N)c(C)c(N=Nc4c(C(=O)O)cc(C(=O)O)cc4C(=O)O)c3=O)n2)c1O. The molecule has 0 fully saturated rings. The van der Waals surface area contributed by atoms with Crippen molar-refractivity contribution < 1.29 is 69.6 Å². The molecule has 0 radical (unpaired) electrons. The summed E-state index contributed by atoms with van der Waals surface area (Å²) in [7, 11) is 0. The standard InChI is InChI=1S/C39H26ClN13O16/c1-12-21(11-41)27(54)52(28(55)23(12)48-50-25-17(33(62)63)7-15(31(58)59)8-18(25)34(64)65)6-5-43-38-45-37(40)46-39(47-38)44-14(3)53-29(56)22(42-4)13(2)24(30(53)57)49-51-26-19(35(66)67)9-16(32(60)61)10-20(26)36(68)69/h7-10,54,56H,3,5-6H2,1-2H3,(H,58,59)(H,60,61)(H,62,63)(H,64,65)(H,66,67)(H,68,69)(H2,43,44,45,46,47). The minimum atomic E-state index is -1.82. The quantitative estimate of drug-likeness (QED) is 0.0434. The molecule has 0 saturated carbocycles. The van der Waals surface area contributed by atoms with Gasteiger partial charge in [-0.05, 0) is 55.3 Å². The van der Waals surface area contributed by atoms with E-state index in [9.17, 15) is 84.5 Å². The molecule has 3 heterocycles. The van der Waals surface area contributed by atoms with Gasteiger partial charge >= 0.3 is 35.8 Å². The van der Waals surface area contributed by atoms with E-state index in [1.807, 2.05) is 0 Å². The molecule has 350 valence electrons. The summed E-state index contributed by atoms with van der Waals surface area (Å²) in [6.07, 6.45) is 0. The van der Waals surface area contributed by atoms with Gasteiger partial charge in [0, 0.05) is 18.7 Å². The largest absolute Gasteiger partial charge is 0.502 e. The molecular formula is C39H26ClN13O16. The van der Waals surface area contributed by atoms with Gasteiger partial charge < -0.3 is 51.5 Å². The number of hydrogen-bond acceptors (Lipinski definition) is 20. The molecule has 2 aromatic carbocycles. The highest BCUT2D eigenvalue weighted by atomic mass is 35.5. The van der Waals surface area contributed by atoms with Crippen molar-refractivity contribution in [3.63, 3.8) is 0 Å². The maximum atomic E-state index is 13.8. The first-order chi connectivity index (χ1) is 32.4. The summed E-state index contributed by atoms with van der Waals surface area (Å²) in [6.45, 7) is 12.7. The Bertz CT molecular complexity index is 3350. The molecule has 29 nitrogen and oxygen atoms in total. The molecule has 0 amide bonds. The first-order valence-corrected chi connectivity index (χ1v) is 18.7. The number of aromatic hydroxyl groups is 2. The second-order valence-electron chi connectivity index (χ2n) is 13.5. The van der Waals surface area contributed by atoms with Crippen LogP contribution in [0.25, 0.3) is 10.7 Å². The number of hydrogen-bond donors (Lipinski definition) is 10. The lowest BCUT2D eigenvalue weighted by Crippen LogP contribution is -2.26. The highest BCUT2D eigenvalue weighted by Crippen LogP contribution is 2.37. The van der Waals surface area contributed by atoms with Gasteiger partial charge in [0.25, 0.3) is 16.8 Å². The molecule has 0 aliphatic heterocycles. The highest BCUT2D eigenvalue weighted by molar-refractivity contribution is 6.28. The Balaban J connectivity index is 1.47. The van der Waals surface area contributed by atoms with Crippen molar-refractivity contribution in [1.82, 2.24) is 24.1 Å². The second kappa shape index (κ2) is 19.8. The zero-order valence-electron chi connectivity index (χ0n) is 34.6. The van der Waals surface area contributed by atoms with Crippen LogP contribution in [0, 0.1) is 31.8 Å². The van der Waals surface area contributed by atoms with Crippen LogP contribution in [0.4, 0.5) is 40.3 Å². The summed E-state index contributed by atoms with van der Waals surface area (Å²) in [4.78, 5) is 113. The maximum absolute atomic E-state index is 13.8. The summed E-state index contributed by atoms with van der Waals surface area (Å²) < 4.78 is 1.00. The van der Waals surface area contributed by atoms with Gasteiger partial charge in [0.05, 0.1) is 40.0 Å². The van der Waals surface area contributed by atoms with E-state index >= 15 is 0 Å². The van der Waals surface area contributed by atoms with Crippen LogP contribution in [0.2, 0.25) is 5.28 Å². The number of halogens is 1.